The highest BCUT2D eigenvalue weighted by atomic mass is 16.5. The van der Waals surface area contributed by atoms with E-state index in [0.29, 0.717) is 5.56 Å². The summed E-state index contributed by atoms with van der Waals surface area (Å²) >= 11 is 0. The van der Waals surface area contributed by atoms with Crippen molar-refractivity contribution in [3.8, 4) is 6.07 Å². The molecule has 1 aliphatic rings. The molecule has 0 aliphatic heterocycles. The average Bonchev–Trinajstić information content (AvgIpc) is 2.77. The molecule has 0 saturated carbocycles. The van der Waals surface area contributed by atoms with Gasteiger partial charge in [-0.05, 0) is 37.3 Å². The Morgan fingerprint density at radius 3 is 2.75 bits per heavy atom. The summed E-state index contributed by atoms with van der Waals surface area (Å²) in [5.41, 5.74) is 3.50. The van der Waals surface area contributed by atoms with Crippen molar-refractivity contribution >= 4 is 5.97 Å². The van der Waals surface area contributed by atoms with Gasteiger partial charge in [0.05, 0.1) is 12.7 Å². The van der Waals surface area contributed by atoms with Gasteiger partial charge in [-0.1, -0.05) is 0 Å². The van der Waals surface area contributed by atoms with Crippen LogP contribution in [-0.2, 0) is 17.6 Å². The number of rotatable bonds is 1. The fourth-order valence-corrected chi connectivity index (χ4v) is 2.22. The Bertz CT molecular complexity index is 501. The fraction of sp³-hybridized carbons (Fsp3) is 0.417. The molecule has 1 aromatic heterocycles. The molecule has 1 heterocycles. The van der Waals surface area contributed by atoms with E-state index in [1.54, 1.807) is 0 Å². The first kappa shape index (κ1) is 10.6. The van der Waals surface area contributed by atoms with Crippen molar-refractivity contribution in [2.45, 2.75) is 26.2 Å². The second-order valence-corrected chi connectivity index (χ2v) is 3.83. The number of fused-ring (bicyclic) bond motifs is 1. The number of carbonyl (C=O) groups excluding carboxylic acids is 1. The molecule has 82 valence electrons. The maximum atomic E-state index is 11.5. The first-order valence-corrected chi connectivity index (χ1v) is 5.19. The van der Waals surface area contributed by atoms with Crippen LogP contribution in [0.3, 0.4) is 0 Å². The maximum Gasteiger partial charge on any atom is 0.358 e. The van der Waals surface area contributed by atoms with E-state index in [4.69, 9.17) is 5.26 Å². The lowest BCUT2D eigenvalue weighted by Gasteiger charge is -2.09. The summed E-state index contributed by atoms with van der Waals surface area (Å²) in [7, 11) is 1.30. The predicted octanol–water partition coefficient (Wildman–Crippen LogP) is 1.54. The van der Waals surface area contributed by atoms with Crippen LogP contribution in [-0.4, -0.2) is 18.1 Å². The van der Waals surface area contributed by atoms with Gasteiger partial charge in [0.15, 0.2) is 5.69 Å². The van der Waals surface area contributed by atoms with Crippen LogP contribution in [0.25, 0.3) is 0 Å². The van der Waals surface area contributed by atoms with Gasteiger partial charge >= 0.3 is 5.97 Å². The average molecular weight is 216 g/mol. The molecule has 4 nitrogen and oxygen atoms in total. The van der Waals surface area contributed by atoms with Gasteiger partial charge in [0, 0.05) is 5.69 Å². The van der Waals surface area contributed by atoms with Crippen LogP contribution in [0.1, 0.15) is 39.3 Å². The van der Waals surface area contributed by atoms with Gasteiger partial charge in [0.1, 0.15) is 6.07 Å². The standard InChI is InChI=1S/C12H12N2O2/c1-7-8-4-3-5-9(8)10(6-13)11(14-7)12(15)16-2/h3-5H2,1-2H3. The van der Waals surface area contributed by atoms with Crippen molar-refractivity contribution in [3.63, 3.8) is 0 Å². The normalized spacial score (nSPS) is 13.1. The zero-order chi connectivity index (χ0) is 11.7. The molecule has 0 amide bonds. The minimum Gasteiger partial charge on any atom is -0.464 e. The number of esters is 1. The smallest absolute Gasteiger partial charge is 0.358 e. The lowest BCUT2D eigenvalue weighted by molar-refractivity contribution is 0.0593. The second-order valence-electron chi connectivity index (χ2n) is 3.83. The number of nitrogens with zero attached hydrogens (tertiary/aromatic N) is 2. The third-order valence-electron chi connectivity index (χ3n) is 2.96. The zero-order valence-corrected chi connectivity index (χ0v) is 9.33. The van der Waals surface area contributed by atoms with Gasteiger partial charge in [-0.15, -0.1) is 0 Å². The van der Waals surface area contributed by atoms with E-state index in [2.05, 4.69) is 15.8 Å². The van der Waals surface area contributed by atoms with E-state index in [-0.39, 0.29) is 5.69 Å². The van der Waals surface area contributed by atoms with E-state index in [9.17, 15) is 4.79 Å². The minimum absolute atomic E-state index is 0.156. The number of nitriles is 1. The van der Waals surface area contributed by atoms with Crippen molar-refractivity contribution in [3.05, 3.63) is 28.1 Å². The summed E-state index contributed by atoms with van der Waals surface area (Å²) in [5.74, 6) is -0.533. The first-order chi connectivity index (χ1) is 7.69. The zero-order valence-electron chi connectivity index (χ0n) is 9.33. The highest BCUT2D eigenvalue weighted by Gasteiger charge is 2.25. The van der Waals surface area contributed by atoms with E-state index in [0.717, 1.165) is 36.1 Å². The summed E-state index contributed by atoms with van der Waals surface area (Å²) in [6, 6.07) is 2.08. The van der Waals surface area contributed by atoms with Crippen molar-refractivity contribution < 1.29 is 9.53 Å². The summed E-state index contributed by atoms with van der Waals surface area (Å²) in [4.78, 5) is 15.7. The van der Waals surface area contributed by atoms with Crippen LogP contribution in [0.15, 0.2) is 0 Å². The molecule has 0 fully saturated rings. The van der Waals surface area contributed by atoms with Crippen molar-refractivity contribution in [1.29, 1.82) is 5.26 Å². The Morgan fingerprint density at radius 2 is 2.12 bits per heavy atom. The summed E-state index contributed by atoms with van der Waals surface area (Å²) in [6.07, 6.45) is 2.83. The Morgan fingerprint density at radius 1 is 1.44 bits per heavy atom. The fourth-order valence-electron chi connectivity index (χ4n) is 2.22. The van der Waals surface area contributed by atoms with Crippen molar-refractivity contribution in [2.24, 2.45) is 0 Å². The molecule has 0 atom stereocenters. The Hall–Kier alpha value is -1.89. The van der Waals surface area contributed by atoms with Crippen molar-refractivity contribution in [2.75, 3.05) is 7.11 Å². The first-order valence-electron chi connectivity index (χ1n) is 5.19. The Balaban J connectivity index is 2.68. The molecule has 0 saturated heterocycles. The van der Waals surface area contributed by atoms with Gasteiger partial charge in [-0.2, -0.15) is 5.26 Å². The second kappa shape index (κ2) is 3.93. The third kappa shape index (κ3) is 1.45. The molecule has 2 rings (SSSR count). The largest absolute Gasteiger partial charge is 0.464 e. The molecule has 4 heteroatoms. The molecule has 0 radical (unpaired) electrons. The summed E-state index contributed by atoms with van der Waals surface area (Å²) in [5, 5.41) is 9.12. The molecule has 1 aromatic rings. The highest BCUT2D eigenvalue weighted by molar-refractivity contribution is 5.90. The maximum absolute atomic E-state index is 11.5. The number of ether oxygens (including phenoxy) is 1. The molecule has 0 spiro atoms. The van der Waals surface area contributed by atoms with E-state index in [1.807, 2.05) is 6.92 Å². The molecular weight excluding hydrogens is 204 g/mol. The molecule has 16 heavy (non-hydrogen) atoms. The highest BCUT2D eigenvalue weighted by Crippen LogP contribution is 2.28. The molecule has 0 N–H and O–H groups in total. The quantitative estimate of drug-likeness (QED) is 0.668. The molecule has 0 bridgehead atoms. The van der Waals surface area contributed by atoms with Crippen molar-refractivity contribution in [1.82, 2.24) is 4.98 Å². The Labute approximate surface area is 93.9 Å². The number of aromatic nitrogens is 1. The van der Waals surface area contributed by atoms with Crippen LogP contribution in [0.4, 0.5) is 0 Å². The van der Waals surface area contributed by atoms with Gasteiger partial charge < -0.3 is 4.74 Å². The predicted molar refractivity (Wildman–Crippen MR) is 57.1 cm³/mol. The van der Waals surface area contributed by atoms with Crippen LogP contribution in [0.2, 0.25) is 0 Å². The number of hydrogen-bond acceptors (Lipinski definition) is 4. The molecule has 0 aromatic carbocycles. The molecular formula is C12H12N2O2. The lowest BCUT2D eigenvalue weighted by Crippen LogP contribution is -2.11. The van der Waals surface area contributed by atoms with Crippen LogP contribution in [0.5, 0.6) is 0 Å². The number of pyridine rings is 1. The number of aryl methyl sites for hydroxylation is 1. The lowest BCUT2D eigenvalue weighted by atomic mass is 10.0. The summed E-state index contributed by atoms with van der Waals surface area (Å²) in [6.45, 7) is 1.87. The van der Waals surface area contributed by atoms with E-state index >= 15 is 0 Å². The number of methoxy groups -OCH3 is 1. The van der Waals surface area contributed by atoms with Crippen LogP contribution >= 0.6 is 0 Å². The van der Waals surface area contributed by atoms with Crippen LogP contribution in [0, 0.1) is 18.3 Å². The van der Waals surface area contributed by atoms with Gasteiger partial charge in [-0.3, -0.25) is 0 Å². The van der Waals surface area contributed by atoms with Crippen LogP contribution < -0.4 is 0 Å². The monoisotopic (exact) mass is 216 g/mol. The summed E-state index contributed by atoms with van der Waals surface area (Å²) < 4.78 is 4.64. The Kier molecular flexibility index (Phi) is 2.61. The molecule has 0 unspecified atom stereocenters. The van der Waals surface area contributed by atoms with Gasteiger partial charge in [0.25, 0.3) is 0 Å². The SMILES string of the molecule is COC(=O)c1nc(C)c2c(c1C#N)CCC2. The molecule has 1 aliphatic carbocycles. The number of hydrogen-bond donors (Lipinski definition) is 0. The van der Waals surface area contributed by atoms with E-state index in [1.165, 1.54) is 7.11 Å². The van der Waals surface area contributed by atoms with Gasteiger partial charge in [-0.25, -0.2) is 9.78 Å². The van der Waals surface area contributed by atoms with E-state index < -0.39 is 5.97 Å². The minimum atomic E-state index is -0.533. The van der Waals surface area contributed by atoms with Gasteiger partial charge in [0.2, 0.25) is 0 Å². The number of carbonyl (C=O) groups is 1. The third-order valence-corrected chi connectivity index (χ3v) is 2.96. The topological polar surface area (TPSA) is 63.0 Å².